The van der Waals surface area contributed by atoms with Gasteiger partial charge in [-0.1, -0.05) is 66.4 Å². The highest BCUT2D eigenvalue weighted by molar-refractivity contribution is 7.99. The van der Waals surface area contributed by atoms with Crippen molar-refractivity contribution in [2.75, 3.05) is 12.3 Å². The molecule has 2 heterocycles. The molecule has 0 aliphatic rings. The number of carbonyl (C=O) groups is 1. The van der Waals surface area contributed by atoms with Crippen molar-refractivity contribution in [2.24, 2.45) is 0 Å². The summed E-state index contributed by atoms with van der Waals surface area (Å²) in [6.45, 7) is 6.92. The van der Waals surface area contributed by atoms with Gasteiger partial charge < -0.3 is 19.6 Å². The number of hydrogen-bond donors (Lipinski definition) is 2. The maximum atomic E-state index is 12.0. The average Bonchev–Trinajstić information content (AvgIpc) is 3.51. The largest absolute Gasteiger partial charge is 0.444 e. The molecule has 39 heavy (non-hydrogen) atoms. The molecule has 3 aromatic carbocycles. The van der Waals surface area contributed by atoms with E-state index in [1.807, 2.05) is 20.8 Å². The van der Waals surface area contributed by atoms with Crippen LogP contribution in [0.3, 0.4) is 0 Å². The van der Waals surface area contributed by atoms with Crippen LogP contribution in [0.2, 0.25) is 0 Å². The van der Waals surface area contributed by atoms with E-state index in [-0.39, 0.29) is 6.09 Å². The van der Waals surface area contributed by atoms with Gasteiger partial charge in [0.25, 0.3) is 0 Å². The summed E-state index contributed by atoms with van der Waals surface area (Å²) in [5, 5.41) is 16.6. The molecule has 5 rings (SSSR count). The molecule has 0 atom stereocenters. The molecule has 7 nitrogen and oxygen atoms in total. The van der Waals surface area contributed by atoms with Crippen molar-refractivity contribution < 1.29 is 9.53 Å². The minimum atomic E-state index is -0.500. The van der Waals surface area contributed by atoms with E-state index in [0.29, 0.717) is 6.54 Å². The zero-order valence-corrected chi connectivity index (χ0v) is 23.6. The number of carbonyl (C=O) groups excluding carboxylic acids is 1. The third-order valence-corrected chi connectivity index (χ3v) is 7.45. The van der Waals surface area contributed by atoms with Crippen molar-refractivity contribution >= 4 is 39.5 Å². The van der Waals surface area contributed by atoms with Crippen LogP contribution in [0.4, 0.5) is 4.79 Å². The van der Waals surface area contributed by atoms with Gasteiger partial charge in [-0.3, -0.25) is 0 Å². The van der Waals surface area contributed by atoms with Crippen molar-refractivity contribution in [2.45, 2.75) is 57.3 Å². The molecule has 2 aromatic heterocycles. The smallest absolute Gasteiger partial charge is 0.407 e. The Morgan fingerprint density at radius 1 is 1.00 bits per heavy atom. The maximum Gasteiger partial charge on any atom is 0.407 e. The van der Waals surface area contributed by atoms with Gasteiger partial charge in [0.1, 0.15) is 5.60 Å². The molecule has 0 bridgehead atoms. The molecule has 0 saturated heterocycles. The Labute approximate surface area is 233 Å². The normalized spacial score (nSPS) is 11.8. The number of aromatic nitrogens is 4. The maximum absolute atomic E-state index is 12.0. The Balaban J connectivity index is 1.28. The summed E-state index contributed by atoms with van der Waals surface area (Å²) in [5.41, 5.74) is 3.03. The van der Waals surface area contributed by atoms with Crippen LogP contribution in [0.5, 0.6) is 0 Å². The van der Waals surface area contributed by atoms with Gasteiger partial charge in [0, 0.05) is 41.5 Å². The Morgan fingerprint density at radius 2 is 1.79 bits per heavy atom. The number of unbranched alkanes of at least 4 members (excludes halogenated alkanes) is 1. The first-order chi connectivity index (χ1) is 18.9. The monoisotopic (exact) mass is 541 g/mol. The molecule has 0 aliphatic heterocycles. The number of rotatable bonds is 10. The Hall–Kier alpha value is -3.78. The summed E-state index contributed by atoms with van der Waals surface area (Å²) in [5.74, 6) is 1.77. The third kappa shape index (κ3) is 6.81. The number of thioether (sulfide) groups is 1. The van der Waals surface area contributed by atoms with E-state index in [1.165, 1.54) is 27.2 Å². The number of benzene rings is 3. The Morgan fingerprint density at radius 3 is 2.64 bits per heavy atom. The third-order valence-electron chi connectivity index (χ3n) is 6.48. The highest BCUT2D eigenvalue weighted by Gasteiger charge is 2.17. The van der Waals surface area contributed by atoms with Gasteiger partial charge in [-0.25, -0.2) is 4.79 Å². The van der Waals surface area contributed by atoms with Gasteiger partial charge >= 0.3 is 6.09 Å². The minimum absolute atomic E-state index is 0.378. The van der Waals surface area contributed by atoms with E-state index < -0.39 is 5.60 Å². The molecule has 2 N–H and O–H groups in total. The highest BCUT2D eigenvalue weighted by Crippen LogP contribution is 2.28. The van der Waals surface area contributed by atoms with Gasteiger partial charge in [0.15, 0.2) is 11.0 Å². The molecule has 0 radical (unpaired) electrons. The molecule has 0 aliphatic carbocycles. The van der Waals surface area contributed by atoms with Crippen LogP contribution in [0.15, 0.2) is 78.1 Å². The van der Waals surface area contributed by atoms with Crippen molar-refractivity contribution in [1.82, 2.24) is 25.1 Å². The lowest BCUT2D eigenvalue weighted by Gasteiger charge is -2.19. The fourth-order valence-corrected chi connectivity index (χ4v) is 5.57. The molecular formula is C31H35N5O2S. The van der Waals surface area contributed by atoms with E-state index in [2.05, 4.69) is 98.0 Å². The number of ether oxygens (including phenoxy) is 1. The Bertz CT molecular complexity index is 1570. The molecule has 202 valence electrons. The summed E-state index contributed by atoms with van der Waals surface area (Å²) in [6.07, 6.45) is 4.37. The molecule has 5 aromatic rings. The van der Waals surface area contributed by atoms with E-state index in [0.717, 1.165) is 48.1 Å². The van der Waals surface area contributed by atoms with Crippen molar-refractivity contribution in [1.29, 1.82) is 0 Å². The lowest BCUT2D eigenvalue weighted by Crippen LogP contribution is -2.33. The predicted octanol–water partition coefficient (Wildman–Crippen LogP) is 7.22. The van der Waals surface area contributed by atoms with E-state index >= 15 is 0 Å². The molecule has 0 fully saturated rings. The summed E-state index contributed by atoms with van der Waals surface area (Å²) in [7, 11) is 0. The molecule has 1 amide bonds. The number of aryl methyl sites for hydroxylation is 1. The lowest BCUT2D eigenvalue weighted by atomic mass is 10.1. The van der Waals surface area contributed by atoms with Crippen molar-refractivity contribution in [3.8, 4) is 11.4 Å². The van der Waals surface area contributed by atoms with Crippen molar-refractivity contribution in [3.63, 3.8) is 0 Å². The van der Waals surface area contributed by atoms with Gasteiger partial charge in [0.2, 0.25) is 0 Å². The summed E-state index contributed by atoms with van der Waals surface area (Å²) in [6, 6.07) is 23.2. The number of nitrogens with one attached hydrogen (secondary N) is 2. The van der Waals surface area contributed by atoms with Crippen LogP contribution in [0.1, 0.15) is 39.2 Å². The number of hydrogen-bond acceptors (Lipinski definition) is 5. The Kier molecular flexibility index (Phi) is 8.21. The highest BCUT2D eigenvalue weighted by atomic mass is 32.2. The quantitative estimate of drug-likeness (QED) is 0.144. The first kappa shape index (κ1) is 26.8. The SMILES string of the molecule is CC(C)(C)OC(=O)NCCCCn1c(SCCc2c[nH]c3ccccc23)nnc1-c1ccc2ccccc2c1. The number of aromatic amines is 1. The van der Waals surface area contributed by atoms with Crippen LogP contribution in [-0.2, 0) is 17.7 Å². The summed E-state index contributed by atoms with van der Waals surface area (Å²) < 4.78 is 7.56. The lowest BCUT2D eigenvalue weighted by molar-refractivity contribution is 0.0527. The number of nitrogens with zero attached hydrogens (tertiary/aromatic N) is 3. The number of alkyl carbamates (subject to hydrolysis) is 1. The zero-order chi connectivity index (χ0) is 27.2. The second kappa shape index (κ2) is 11.9. The fourth-order valence-electron chi connectivity index (χ4n) is 4.63. The van der Waals surface area contributed by atoms with Crippen molar-refractivity contribution in [3.05, 3.63) is 78.5 Å². The molecule has 0 unspecified atom stereocenters. The first-order valence-electron chi connectivity index (χ1n) is 13.4. The fraction of sp³-hybridized carbons (Fsp3) is 0.323. The minimum Gasteiger partial charge on any atom is -0.444 e. The summed E-state index contributed by atoms with van der Waals surface area (Å²) >= 11 is 1.73. The predicted molar refractivity (Wildman–Crippen MR) is 159 cm³/mol. The van der Waals surface area contributed by atoms with Crippen LogP contribution < -0.4 is 5.32 Å². The van der Waals surface area contributed by atoms with E-state index in [4.69, 9.17) is 4.74 Å². The van der Waals surface area contributed by atoms with Gasteiger partial charge in [0.05, 0.1) is 0 Å². The van der Waals surface area contributed by atoms with Crippen LogP contribution in [-0.4, -0.2) is 43.7 Å². The molecule has 0 saturated carbocycles. The van der Waals surface area contributed by atoms with Crippen LogP contribution in [0.25, 0.3) is 33.1 Å². The zero-order valence-electron chi connectivity index (χ0n) is 22.7. The van der Waals surface area contributed by atoms with Gasteiger partial charge in [-0.05, 0) is 68.5 Å². The van der Waals surface area contributed by atoms with E-state index in [9.17, 15) is 4.79 Å². The van der Waals surface area contributed by atoms with Gasteiger partial charge in [-0.2, -0.15) is 0 Å². The number of amides is 1. The van der Waals surface area contributed by atoms with Crippen LogP contribution >= 0.6 is 11.8 Å². The van der Waals surface area contributed by atoms with Gasteiger partial charge in [-0.15, -0.1) is 10.2 Å². The number of H-pyrrole nitrogens is 1. The average molecular weight is 542 g/mol. The molecular weight excluding hydrogens is 506 g/mol. The van der Waals surface area contributed by atoms with Crippen LogP contribution in [0, 0.1) is 0 Å². The second-order valence-electron chi connectivity index (χ2n) is 10.6. The standard InChI is InChI=1S/C31H35N5O2S/c1-31(2,3)38-30(37)32-17-8-9-18-36-28(24-15-14-22-10-4-5-11-23(22)20-24)34-35-29(36)39-19-16-25-21-33-27-13-7-6-12-26(25)27/h4-7,10-15,20-21,33H,8-9,16-19H2,1-3H3,(H,32,37). The first-order valence-corrected chi connectivity index (χ1v) is 14.4. The summed E-state index contributed by atoms with van der Waals surface area (Å²) in [4.78, 5) is 15.4. The topological polar surface area (TPSA) is 84.8 Å². The second-order valence-corrected chi connectivity index (χ2v) is 11.7. The number of fused-ring (bicyclic) bond motifs is 2. The molecule has 0 spiro atoms. The molecule has 8 heteroatoms. The number of para-hydroxylation sites is 1. The van der Waals surface area contributed by atoms with E-state index in [1.54, 1.807) is 11.8 Å².